The summed E-state index contributed by atoms with van der Waals surface area (Å²) in [6.45, 7) is 0. The Hall–Kier alpha value is -3.68. The van der Waals surface area contributed by atoms with Crippen LogP contribution in [0.2, 0.25) is 0 Å². The highest BCUT2D eigenvalue weighted by Gasteiger charge is 2.35. The molecule has 0 fully saturated rings. The van der Waals surface area contributed by atoms with Crippen LogP contribution in [0.4, 0.5) is 17.1 Å². The van der Waals surface area contributed by atoms with Crippen molar-refractivity contribution in [3.8, 4) is 22.5 Å². The molecule has 2 aromatic carbocycles. The number of anilines is 1. The average Bonchev–Trinajstić information content (AvgIpc) is 3.14. The number of benzene rings is 2. The van der Waals surface area contributed by atoms with Crippen LogP contribution in [0.3, 0.4) is 0 Å². The summed E-state index contributed by atoms with van der Waals surface area (Å²) >= 11 is 0. The van der Waals surface area contributed by atoms with E-state index in [-0.39, 0.29) is 28.3 Å². The van der Waals surface area contributed by atoms with Gasteiger partial charge in [-0.15, -0.1) is 0 Å². The van der Waals surface area contributed by atoms with Crippen molar-refractivity contribution in [3.63, 3.8) is 0 Å². The minimum Gasteiger partial charge on any atom is -0.464 e. The normalized spacial score (nSPS) is 10.4. The second kappa shape index (κ2) is 6.44. The standard InChI is InChI=1S/C17H13N3O5/c1-18-13-10-12(11-6-3-2-4-7-11)16(19(21)22)15(17(13)20(23)24)14-8-5-9-25-14/h2-10,18H,1H3. The number of furan rings is 1. The Bertz CT molecular complexity index is 937. The summed E-state index contributed by atoms with van der Waals surface area (Å²) in [4.78, 5) is 22.2. The Balaban J connectivity index is 2.48. The molecule has 0 unspecified atom stereocenters. The fourth-order valence-corrected chi connectivity index (χ4v) is 2.72. The fourth-order valence-electron chi connectivity index (χ4n) is 2.72. The maximum atomic E-state index is 11.8. The number of nitro groups is 2. The summed E-state index contributed by atoms with van der Waals surface area (Å²) < 4.78 is 5.25. The molecule has 0 spiro atoms. The van der Waals surface area contributed by atoms with E-state index in [1.807, 2.05) is 0 Å². The predicted molar refractivity (Wildman–Crippen MR) is 92.4 cm³/mol. The highest BCUT2D eigenvalue weighted by molar-refractivity contribution is 5.95. The van der Waals surface area contributed by atoms with E-state index in [1.165, 1.54) is 31.5 Å². The molecule has 0 saturated heterocycles. The summed E-state index contributed by atoms with van der Waals surface area (Å²) in [7, 11) is 1.52. The third-order valence-electron chi connectivity index (χ3n) is 3.76. The van der Waals surface area contributed by atoms with Gasteiger partial charge in [0.25, 0.3) is 5.69 Å². The lowest BCUT2D eigenvalue weighted by molar-refractivity contribution is -0.391. The van der Waals surface area contributed by atoms with E-state index < -0.39 is 15.5 Å². The number of nitrogens with zero attached hydrogens (tertiary/aromatic N) is 2. The maximum absolute atomic E-state index is 11.8. The van der Waals surface area contributed by atoms with Crippen LogP contribution in [0.15, 0.2) is 59.2 Å². The molecule has 0 aliphatic carbocycles. The van der Waals surface area contributed by atoms with Crippen molar-refractivity contribution in [3.05, 3.63) is 75.0 Å². The van der Waals surface area contributed by atoms with Gasteiger partial charge in [0.2, 0.25) is 0 Å². The van der Waals surface area contributed by atoms with Gasteiger partial charge in [0.1, 0.15) is 11.4 Å². The largest absolute Gasteiger partial charge is 0.464 e. The topological polar surface area (TPSA) is 111 Å². The molecule has 1 aromatic heterocycles. The number of hydrogen-bond donors (Lipinski definition) is 1. The Labute approximate surface area is 142 Å². The van der Waals surface area contributed by atoms with Crippen LogP contribution in [0.1, 0.15) is 0 Å². The van der Waals surface area contributed by atoms with Crippen molar-refractivity contribution in [1.82, 2.24) is 0 Å². The lowest BCUT2D eigenvalue weighted by Gasteiger charge is -2.12. The fraction of sp³-hybridized carbons (Fsp3) is 0.0588. The van der Waals surface area contributed by atoms with Gasteiger partial charge < -0.3 is 9.73 Å². The zero-order chi connectivity index (χ0) is 18.0. The molecule has 0 bridgehead atoms. The number of nitro benzene ring substituents is 2. The first-order valence-corrected chi connectivity index (χ1v) is 7.31. The molecule has 3 aromatic rings. The van der Waals surface area contributed by atoms with Crippen LogP contribution in [0.5, 0.6) is 0 Å². The lowest BCUT2D eigenvalue weighted by Crippen LogP contribution is -2.04. The Morgan fingerprint density at radius 2 is 1.64 bits per heavy atom. The van der Waals surface area contributed by atoms with Gasteiger partial charge in [-0.3, -0.25) is 20.2 Å². The van der Waals surface area contributed by atoms with Crippen molar-refractivity contribution in [2.24, 2.45) is 0 Å². The van der Waals surface area contributed by atoms with Gasteiger partial charge in [0.05, 0.1) is 21.7 Å². The van der Waals surface area contributed by atoms with Crippen molar-refractivity contribution in [1.29, 1.82) is 0 Å². The first kappa shape index (κ1) is 16.2. The molecule has 126 valence electrons. The quantitative estimate of drug-likeness (QED) is 0.542. The van der Waals surface area contributed by atoms with Crippen LogP contribution in [-0.2, 0) is 0 Å². The van der Waals surface area contributed by atoms with Gasteiger partial charge in [-0.05, 0) is 23.8 Å². The Morgan fingerprint density at radius 3 is 2.16 bits per heavy atom. The Morgan fingerprint density at radius 1 is 0.960 bits per heavy atom. The van der Waals surface area contributed by atoms with E-state index in [0.717, 1.165) is 0 Å². The van der Waals surface area contributed by atoms with Gasteiger partial charge in [0.15, 0.2) is 5.56 Å². The first-order valence-electron chi connectivity index (χ1n) is 7.31. The molecule has 0 aliphatic heterocycles. The Kier molecular flexibility index (Phi) is 4.17. The molecule has 1 heterocycles. The van der Waals surface area contributed by atoms with Crippen molar-refractivity contribution >= 4 is 17.1 Å². The maximum Gasteiger partial charge on any atom is 0.310 e. The van der Waals surface area contributed by atoms with Gasteiger partial charge in [0, 0.05) is 7.05 Å². The summed E-state index contributed by atoms with van der Waals surface area (Å²) in [5, 5.41) is 26.2. The molecule has 0 amide bonds. The van der Waals surface area contributed by atoms with Crippen molar-refractivity contribution in [2.45, 2.75) is 0 Å². The van der Waals surface area contributed by atoms with E-state index in [9.17, 15) is 20.2 Å². The lowest BCUT2D eigenvalue weighted by atomic mass is 9.96. The van der Waals surface area contributed by atoms with E-state index in [1.54, 1.807) is 30.3 Å². The van der Waals surface area contributed by atoms with Gasteiger partial charge in [-0.1, -0.05) is 30.3 Å². The molecular formula is C17H13N3O5. The van der Waals surface area contributed by atoms with E-state index in [4.69, 9.17) is 4.42 Å². The van der Waals surface area contributed by atoms with Gasteiger partial charge in [-0.2, -0.15) is 0 Å². The molecule has 1 N–H and O–H groups in total. The molecule has 8 heteroatoms. The van der Waals surface area contributed by atoms with Crippen LogP contribution < -0.4 is 5.32 Å². The number of hydrogen-bond acceptors (Lipinski definition) is 6. The molecule has 0 aliphatic rings. The molecule has 8 nitrogen and oxygen atoms in total. The third kappa shape index (κ3) is 2.80. The highest BCUT2D eigenvalue weighted by Crippen LogP contribution is 2.48. The van der Waals surface area contributed by atoms with E-state index in [0.29, 0.717) is 5.56 Å². The monoisotopic (exact) mass is 339 g/mol. The van der Waals surface area contributed by atoms with Crippen LogP contribution in [0, 0.1) is 20.2 Å². The summed E-state index contributed by atoms with van der Waals surface area (Å²) in [6, 6.07) is 13.1. The second-order valence-corrected chi connectivity index (χ2v) is 5.15. The predicted octanol–water partition coefficient (Wildman–Crippen LogP) is 4.47. The number of rotatable bonds is 5. The summed E-state index contributed by atoms with van der Waals surface area (Å²) in [5.74, 6) is 0.0627. The van der Waals surface area contributed by atoms with Crippen LogP contribution >= 0.6 is 0 Å². The van der Waals surface area contributed by atoms with E-state index >= 15 is 0 Å². The summed E-state index contributed by atoms with van der Waals surface area (Å²) in [5.41, 5.74) is 0.0857. The van der Waals surface area contributed by atoms with Gasteiger partial charge in [-0.25, -0.2) is 0 Å². The molecular weight excluding hydrogens is 326 g/mol. The highest BCUT2D eigenvalue weighted by atomic mass is 16.6. The van der Waals surface area contributed by atoms with Crippen LogP contribution in [-0.4, -0.2) is 16.9 Å². The average molecular weight is 339 g/mol. The molecule has 0 saturated carbocycles. The van der Waals surface area contributed by atoms with Crippen molar-refractivity contribution < 1.29 is 14.3 Å². The zero-order valence-electron chi connectivity index (χ0n) is 13.1. The first-order chi connectivity index (χ1) is 12.0. The molecule has 25 heavy (non-hydrogen) atoms. The van der Waals surface area contributed by atoms with Crippen LogP contribution in [0.25, 0.3) is 22.5 Å². The molecule has 0 radical (unpaired) electrons. The SMILES string of the molecule is CNc1cc(-c2ccccc2)c([N+](=O)[O-])c(-c2ccco2)c1[N+](=O)[O-]. The molecule has 3 rings (SSSR count). The second-order valence-electron chi connectivity index (χ2n) is 5.15. The minimum absolute atomic E-state index is 0.0627. The zero-order valence-corrected chi connectivity index (χ0v) is 13.1. The van der Waals surface area contributed by atoms with Crippen molar-refractivity contribution in [2.75, 3.05) is 12.4 Å². The smallest absolute Gasteiger partial charge is 0.310 e. The summed E-state index contributed by atoms with van der Waals surface area (Å²) in [6.07, 6.45) is 1.32. The number of nitrogens with one attached hydrogen (secondary N) is 1. The molecule has 0 atom stereocenters. The minimum atomic E-state index is -0.647. The van der Waals surface area contributed by atoms with E-state index in [2.05, 4.69) is 5.32 Å². The van der Waals surface area contributed by atoms with Gasteiger partial charge >= 0.3 is 5.69 Å². The third-order valence-corrected chi connectivity index (χ3v) is 3.76.